The van der Waals surface area contributed by atoms with E-state index in [1.54, 1.807) is 0 Å². The molecule has 0 aliphatic carbocycles. The van der Waals surface area contributed by atoms with Crippen molar-refractivity contribution in [3.63, 3.8) is 0 Å². The summed E-state index contributed by atoms with van der Waals surface area (Å²) in [7, 11) is 0. The van der Waals surface area contributed by atoms with Gasteiger partial charge in [0.05, 0.1) is 13.2 Å². The molecule has 0 radical (unpaired) electrons. The topological polar surface area (TPSA) is 44.2 Å². The summed E-state index contributed by atoms with van der Waals surface area (Å²) in [6, 6.07) is 8.99. The predicted molar refractivity (Wildman–Crippen MR) is 148 cm³/mol. The Hall–Kier alpha value is -1.78. The number of aromatic nitrogens is 2. The molecular formula is C31H50N2O2. The van der Waals surface area contributed by atoms with Crippen LogP contribution in [0.2, 0.25) is 0 Å². The van der Waals surface area contributed by atoms with Crippen LogP contribution in [0.15, 0.2) is 36.7 Å². The summed E-state index contributed by atoms with van der Waals surface area (Å²) in [5.41, 5.74) is 3.76. The summed E-state index contributed by atoms with van der Waals surface area (Å²) in [5.74, 6) is 0.958. The molecule has 4 heteroatoms. The maximum Gasteiger partial charge on any atom is 0.128 e. The van der Waals surface area contributed by atoms with Gasteiger partial charge >= 0.3 is 0 Å². The van der Waals surface area contributed by atoms with E-state index in [0.717, 1.165) is 43.9 Å². The molecule has 0 fully saturated rings. The molecule has 2 rings (SSSR count). The minimum atomic E-state index is 0.708. The van der Waals surface area contributed by atoms with E-state index in [1.807, 2.05) is 19.3 Å². The van der Waals surface area contributed by atoms with E-state index in [0.29, 0.717) is 13.2 Å². The molecule has 1 aromatic heterocycles. The summed E-state index contributed by atoms with van der Waals surface area (Å²) >= 11 is 0. The third-order valence-electron chi connectivity index (χ3n) is 6.58. The number of hydrogen-bond acceptors (Lipinski definition) is 4. The van der Waals surface area contributed by atoms with Crippen LogP contribution in [-0.4, -0.2) is 36.4 Å². The van der Waals surface area contributed by atoms with Gasteiger partial charge < -0.3 is 9.47 Å². The van der Waals surface area contributed by atoms with E-state index >= 15 is 0 Å². The molecule has 0 unspecified atom stereocenters. The Labute approximate surface area is 215 Å². The van der Waals surface area contributed by atoms with Crippen LogP contribution >= 0.6 is 0 Å². The number of nitrogens with zero attached hydrogens (tertiary/aromatic N) is 2. The van der Waals surface area contributed by atoms with Crippen molar-refractivity contribution < 1.29 is 9.47 Å². The lowest BCUT2D eigenvalue weighted by molar-refractivity contribution is 0.0512. The Balaban J connectivity index is 1.54. The first kappa shape index (κ1) is 29.5. The molecule has 1 aromatic carbocycles. The average molecular weight is 483 g/mol. The molecule has 0 spiro atoms. The lowest BCUT2D eigenvalue weighted by Crippen LogP contribution is -2.04. The molecule has 0 saturated carbocycles. The maximum atomic E-state index is 5.56. The molecule has 0 aliphatic heterocycles. The van der Waals surface area contributed by atoms with Gasteiger partial charge in [-0.2, -0.15) is 0 Å². The Morgan fingerprint density at radius 1 is 0.543 bits per heavy atom. The van der Waals surface area contributed by atoms with Crippen molar-refractivity contribution in [3.8, 4) is 11.1 Å². The highest BCUT2D eigenvalue weighted by Gasteiger charge is 2.02. The van der Waals surface area contributed by atoms with Crippen molar-refractivity contribution in [2.24, 2.45) is 0 Å². The Kier molecular flexibility index (Phi) is 17.2. The summed E-state index contributed by atoms with van der Waals surface area (Å²) in [5, 5.41) is 0. The standard InChI is InChI=1S/C31H50N2O2/c1-3-5-6-7-8-9-11-14-17-28-19-21-29(22-20-28)30-26-32-31(33-27-30)18-15-12-10-13-16-23-35-25-24-34-4-2/h19-22,26-27H,3-18,23-25H2,1-2H3. The van der Waals surface area contributed by atoms with Gasteiger partial charge in [0.1, 0.15) is 5.82 Å². The van der Waals surface area contributed by atoms with Crippen LogP contribution in [0.1, 0.15) is 109 Å². The summed E-state index contributed by atoms with van der Waals surface area (Å²) in [6.45, 7) is 7.32. The second-order valence-electron chi connectivity index (χ2n) is 9.64. The van der Waals surface area contributed by atoms with E-state index in [4.69, 9.17) is 9.47 Å². The van der Waals surface area contributed by atoms with Crippen molar-refractivity contribution in [1.82, 2.24) is 9.97 Å². The molecule has 0 atom stereocenters. The number of ether oxygens (including phenoxy) is 2. The summed E-state index contributed by atoms with van der Waals surface area (Å²) in [4.78, 5) is 9.23. The third-order valence-corrected chi connectivity index (χ3v) is 6.58. The fourth-order valence-electron chi connectivity index (χ4n) is 4.34. The molecule has 0 amide bonds. The van der Waals surface area contributed by atoms with Gasteiger partial charge in [-0.05, 0) is 43.7 Å². The van der Waals surface area contributed by atoms with Crippen LogP contribution < -0.4 is 0 Å². The van der Waals surface area contributed by atoms with Crippen molar-refractivity contribution in [3.05, 3.63) is 48.0 Å². The molecule has 2 aromatic rings. The molecule has 1 heterocycles. The van der Waals surface area contributed by atoms with Gasteiger partial charge in [0.2, 0.25) is 0 Å². The van der Waals surface area contributed by atoms with Crippen LogP contribution in [0.25, 0.3) is 11.1 Å². The lowest BCUT2D eigenvalue weighted by atomic mass is 10.0. The maximum absolute atomic E-state index is 5.56. The minimum absolute atomic E-state index is 0.708. The fraction of sp³-hybridized carbons (Fsp3) is 0.677. The molecule has 4 nitrogen and oxygen atoms in total. The SMILES string of the molecule is CCCCCCCCCCc1ccc(-c2cnc(CCCCCCCOCCOCC)nc2)cc1. The number of unbranched alkanes of at least 4 members (excludes halogenated alkanes) is 11. The van der Waals surface area contributed by atoms with E-state index < -0.39 is 0 Å². The molecule has 0 N–H and O–H groups in total. The van der Waals surface area contributed by atoms with Crippen LogP contribution in [0.5, 0.6) is 0 Å². The molecule has 196 valence electrons. The van der Waals surface area contributed by atoms with E-state index in [-0.39, 0.29) is 0 Å². The van der Waals surface area contributed by atoms with E-state index in [2.05, 4.69) is 41.2 Å². The van der Waals surface area contributed by atoms with Gasteiger partial charge in [0.15, 0.2) is 0 Å². The van der Waals surface area contributed by atoms with Crippen molar-refractivity contribution in [1.29, 1.82) is 0 Å². The van der Waals surface area contributed by atoms with Gasteiger partial charge in [-0.25, -0.2) is 9.97 Å². The Bertz CT molecular complexity index is 731. The van der Waals surface area contributed by atoms with Crippen molar-refractivity contribution in [2.45, 2.75) is 110 Å². The largest absolute Gasteiger partial charge is 0.379 e. The van der Waals surface area contributed by atoms with Crippen LogP contribution in [-0.2, 0) is 22.3 Å². The molecule has 35 heavy (non-hydrogen) atoms. The second kappa shape index (κ2) is 20.4. The number of hydrogen-bond donors (Lipinski definition) is 0. The van der Waals surface area contributed by atoms with Gasteiger partial charge in [0.25, 0.3) is 0 Å². The zero-order chi connectivity index (χ0) is 24.8. The third kappa shape index (κ3) is 14.4. The summed E-state index contributed by atoms with van der Waals surface area (Å²) in [6.07, 6.45) is 23.1. The van der Waals surface area contributed by atoms with Gasteiger partial charge in [0, 0.05) is 37.6 Å². The normalized spacial score (nSPS) is 11.3. The number of aryl methyl sites for hydroxylation is 2. The van der Waals surface area contributed by atoms with Gasteiger partial charge in [-0.1, -0.05) is 95.4 Å². The highest BCUT2D eigenvalue weighted by molar-refractivity contribution is 5.61. The quantitative estimate of drug-likeness (QED) is 0.158. The monoisotopic (exact) mass is 482 g/mol. The first-order valence-electron chi connectivity index (χ1n) is 14.4. The minimum Gasteiger partial charge on any atom is -0.379 e. The molecular weight excluding hydrogens is 432 g/mol. The highest BCUT2D eigenvalue weighted by atomic mass is 16.5. The molecule has 0 bridgehead atoms. The van der Waals surface area contributed by atoms with Gasteiger partial charge in [-0.15, -0.1) is 0 Å². The van der Waals surface area contributed by atoms with Crippen molar-refractivity contribution in [2.75, 3.05) is 26.4 Å². The first-order chi connectivity index (χ1) is 17.3. The molecule has 0 aliphatic rings. The first-order valence-corrected chi connectivity index (χ1v) is 14.4. The van der Waals surface area contributed by atoms with Crippen LogP contribution in [0.3, 0.4) is 0 Å². The smallest absolute Gasteiger partial charge is 0.128 e. The summed E-state index contributed by atoms with van der Waals surface area (Å²) < 4.78 is 10.8. The van der Waals surface area contributed by atoms with Crippen molar-refractivity contribution >= 4 is 0 Å². The fourth-order valence-corrected chi connectivity index (χ4v) is 4.34. The number of benzene rings is 1. The van der Waals surface area contributed by atoms with E-state index in [9.17, 15) is 0 Å². The Morgan fingerprint density at radius 2 is 1.11 bits per heavy atom. The number of rotatable bonds is 22. The average Bonchev–Trinajstić information content (AvgIpc) is 2.89. The van der Waals surface area contributed by atoms with Crippen LogP contribution in [0, 0.1) is 0 Å². The van der Waals surface area contributed by atoms with E-state index in [1.165, 1.54) is 88.2 Å². The Morgan fingerprint density at radius 3 is 1.77 bits per heavy atom. The van der Waals surface area contributed by atoms with Crippen LogP contribution in [0.4, 0.5) is 0 Å². The predicted octanol–water partition coefficient (Wildman–Crippen LogP) is 8.37. The second-order valence-corrected chi connectivity index (χ2v) is 9.64. The zero-order valence-electron chi connectivity index (χ0n) is 22.6. The molecule has 0 saturated heterocycles. The highest BCUT2D eigenvalue weighted by Crippen LogP contribution is 2.20. The van der Waals surface area contributed by atoms with Gasteiger partial charge in [-0.3, -0.25) is 0 Å². The zero-order valence-corrected chi connectivity index (χ0v) is 22.6. The lowest BCUT2D eigenvalue weighted by Gasteiger charge is -2.06.